The number of thioether (sulfide) groups is 1. The molecule has 0 spiro atoms. The van der Waals surface area contributed by atoms with E-state index >= 15 is 0 Å². The monoisotopic (exact) mass is 295 g/mol. The minimum atomic E-state index is -1.36. The van der Waals surface area contributed by atoms with Crippen LogP contribution in [0, 0.1) is 0 Å². The summed E-state index contributed by atoms with van der Waals surface area (Å²) in [5, 5.41) is 12.3. The number of rotatable bonds is 4. The molecule has 0 saturated carbocycles. The van der Waals surface area contributed by atoms with E-state index in [0.29, 0.717) is 11.3 Å². The van der Waals surface area contributed by atoms with Gasteiger partial charge < -0.3 is 15.6 Å². The van der Waals surface area contributed by atoms with Crippen molar-refractivity contribution in [1.82, 2.24) is 9.96 Å². The van der Waals surface area contributed by atoms with E-state index in [4.69, 9.17) is 10.6 Å². The predicted octanol–water partition coefficient (Wildman–Crippen LogP) is -5.27. The van der Waals surface area contributed by atoms with Crippen LogP contribution >= 0.6 is 11.8 Å². The summed E-state index contributed by atoms with van der Waals surface area (Å²) in [6.07, 6.45) is 0. The molecule has 0 aromatic heterocycles. The second kappa shape index (κ2) is 6.57. The van der Waals surface area contributed by atoms with E-state index in [1.165, 1.54) is 21.7 Å². The van der Waals surface area contributed by atoms with Crippen LogP contribution < -0.4 is 40.4 Å². The minimum absolute atomic E-state index is 0. The number of nitrogens with two attached hydrogens (primary N) is 1. The number of carbonyl (C=O) groups is 2. The largest absolute Gasteiger partial charge is 1.00 e. The van der Waals surface area contributed by atoms with Gasteiger partial charge >= 0.3 is 29.6 Å². The van der Waals surface area contributed by atoms with Crippen LogP contribution in [0.5, 0.6) is 0 Å². The average molecular weight is 295 g/mol. The van der Waals surface area contributed by atoms with E-state index in [-0.39, 0.29) is 53.1 Å². The Kier molecular flexibility index (Phi) is 5.87. The maximum absolute atomic E-state index is 11.6. The fourth-order valence-corrected chi connectivity index (χ4v) is 3.16. The van der Waals surface area contributed by atoms with Gasteiger partial charge in [-0.1, -0.05) is 0 Å². The summed E-state index contributed by atoms with van der Waals surface area (Å²) in [6.45, 7) is 0.120. The van der Waals surface area contributed by atoms with Crippen LogP contribution in [-0.2, 0) is 14.4 Å². The van der Waals surface area contributed by atoms with Gasteiger partial charge in [-0.05, 0) is 5.57 Å². The molecule has 9 heteroatoms. The van der Waals surface area contributed by atoms with E-state index in [2.05, 4.69) is 0 Å². The second-order valence-electron chi connectivity index (χ2n) is 4.26. The molecule has 1 fully saturated rings. The Labute approximate surface area is 137 Å². The SMILES string of the molecule is CN(C)OCC1=C(C(=O)[O-])N2C(=O)C(N)C2SC1.[Na+]. The van der Waals surface area contributed by atoms with Crippen molar-refractivity contribution in [1.29, 1.82) is 0 Å². The van der Waals surface area contributed by atoms with Gasteiger partial charge in [-0.25, -0.2) is 0 Å². The summed E-state index contributed by atoms with van der Waals surface area (Å²) >= 11 is 1.44. The number of hydrogen-bond acceptors (Lipinski definition) is 7. The molecule has 2 aliphatic rings. The Morgan fingerprint density at radius 1 is 1.63 bits per heavy atom. The molecule has 0 aliphatic carbocycles. The zero-order chi connectivity index (χ0) is 13.4. The van der Waals surface area contributed by atoms with Crippen LogP contribution in [0.15, 0.2) is 11.3 Å². The fraction of sp³-hybridized carbons (Fsp3) is 0.600. The van der Waals surface area contributed by atoms with Gasteiger partial charge in [0.05, 0.1) is 18.3 Å². The molecule has 2 N–H and O–H groups in total. The van der Waals surface area contributed by atoms with Crippen LogP contribution in [0.3, 0.4) is 0 Å². The number of β-lactam (4-membered cyclic amide) rings is 1. The Bertz CT molecular complexity index is 429. The number of hydrogen-bond donors (Lipinski definition) is 1. The molecule has 2 heterocycles. The summed E-state index contributed by atoms with van der Waals surface area (Å²) in [6, 6.07) is -0.624. The fourth-order valence-electron chi connectivity index (χ4n) is 1.89. The van der Waals surface area contributed by atoms with Crippen molar-refractivity contribution in [2.24, 2.45) is 5.73 Å². The maximum atomic E-state index is 11.6. The van der Waals surface area contributed by atoms with E-state index in [9.17, 15) is 14.7 Å². The van der Waals surface area contributed by atoms with Gasteiger partial charge in [-0.3, -0.25) is 14.5 Å². The first-order valence-corrected chi connectivity index (χ1v) is 6.42. The van der Waals surface area contributed by atoms with Crippen molar-refractivity contribution in [2.45, 2.75) is 11.4 Å². The van der Waals surface area contributed by atoms with Crippen molar-refractivity contribution in [2.75, 3.05) is 26.5 Å². The van der Waals surface area contributed by atoms with Gasteiger partial charge in [0.15, 0.2) is 0 Å². The van der Waals surface area contributed by atoms with Crippen molar-refractivity contribution in [3.63, 3.8) is 0 Å². The minimum Gasteiger partial charge on any atom is -0.543 e. The van der Waals surface area contributed by atoms with E-state index < -0.39 is 12.0 Å². The quantitative estimate of drug-likeness (QED) is 0.314. The van der Waals surface area contributed by atoms with Gasteiger partial charge in [0.25, 0.3) is 0 Å². The van der Waals surface area contributed by atoms with Crippen molar-refractivity contribution >= 4 is 23.6 Å². The summed E-state index contributed by atoms with van der Waals surface area (Å²) in [4.78, 5) is 29.2. The third kappa shape index (κ3) is 3.15. The third-order valence-corrected chi connectivity index (χ3v) is 4.14. The molecule has 7 nitrogen and oxygen atoms in total. The van der Waals surface area contributed by atoms with E-state index in [0.717, 1.165) is 0 Å². The zero-order valence-electron chi connectivity index (χ0n) is 11.1. The average Bonchev–Trinajstić information content (AvgIpc) is 2.33. The number of nitrogens with zero attached hydrogens (tertiary/aromatic N) is 2. The number of amides is 1. The molecule has 2 unspecified atom stereocenters. The molecule has 2 atom stereocenters. The number of fused-ring (bicyclic) bond motifs is 1. The van der Waals surface area contributed by atoms with Crippen molar-refractivity contribution < 1.29 is 49.1 Å². The van der Waals surface area contributed by atoms with Crippen LogP contribution in [0.4, 0.5) is 0 Å². The molecule has 0 radical (unpaired) electrons. The maximum Gasteiger partial charge on any atom is 1.00 e. The molecular formula is C10H14N3NaO4S. The van der Waals surface area contributed by atoms with E-state index in [1.54, 1.807) is 14.1 Å². The molecule has 2 aliphatic heterocycles. The van der Waals surface area contributed by atoms with Crippen LogP contribution in [0.1, 0.15) is 0 Å². The zero-order valence-corrected chi connectivity index (χ0v) is 13.9. The third-order valence-electron chi connectivity index (χ3n) is 2.78. The first-order valence-electron chi connectivity index (χ1n) is 5.37. The number of carbonyl (C=O) groups excluding carboxylic acids is 2. The smallest absolute Gasteiger partial charge is 0.543 e. The number of carboxylic acid groups (broad SMARTS) is 1. The van der Waals surface area contributed by atoms with E-state index in [1.807, 2.05) is 0 Å². The number of aliphatic carboxylic acids is 1. The molecule has 19 heavy (non-hydrogen) atoms. The van der Waals surface area contributed by atoms with Gasteiger partial charge in [0, 0.05) is 19.8 Å². The van der Waals surface area contributed by atoms with Gasteiger partial charge in [-0.15, -0.1) is 11.8 Å². The Morgan fingerprint density at radius 2 is 2.26 bits per heavy atom. The Balaban J connectivity index is 0.00000180. The summed E-state index contributed by atoms with van der Waals surface area (Å²) in [7, 11) is 3.39. The molecule has 100 valence electrons. The summed E-state index contributed by atoms with van der Waals surface area (Å²) in [5.74, 6) is -1.27. The summed E-state index contributed by atoms with van der Waals surface area (Å²) in [5.41, 5.74) is 6.06. The molecular weight excluding hydrogens is 281 g/mol. The topological polar surface area (TPSA) is 98.9 Å². The molecule has 1 saturated heterocycles. The van der Waals surface area contributed by atoms with Gasteiger partial charge in [-0.2, -0.15) is 5.06 Å². The first-order chi connectivity index (χ1) is 8.43. The number of hydroxylamine groups is 2. The Hall–Kier alpha value is -0.0900. The standard InChI is InChI=1S/C10H15N3O4S.Na/c1-12(2)17-3-5-4-18-9-6(11)8(14)13(9)7(5)10(15)16;/h6,9H,3-4,11H2,1-2H3,(H,15,16);/q;+1/p-1. The van der Waals surface area contributed by atoms with Gasteiger partial charge in [0.2, 0.25) is 5.91 Å². The van der Waals surface area contributed by atoms with Crippen molar-refractivity contribution in [3.05, 3.63) is 11.3 Å². The Morgan fingerprint density at radius 3 is 2.79 bits per heavy atom. The molecule has 0 aromatic carbocycles. The molecule has 1 amide bonds. The number of carboxylic acids is 1. The van der Waals surface area contributed by atoms with Crippen LogP contribution in [0.2, 0.25) is 0 Å². The van der Waals surface area contributed by atoms with Gasteiger partial charge in [0.1, 0.15) is 11.4 Å². The first kappa shape index (κ1) is 17.0. The molecule has 0 aromatic rings. The second-order valence-corrected chi connectivity index (χ2v) is 5.37. The summed E-state index contributed by atoms with van der Waals surface area (Å²) < 4.78 is 0. The normalized spacial score (nSPS) is 25.9. The molecule has 0 bridgehead atoms. The van der Waals surface area contributed by atoms with Crippen LogP contribution in [0.25, 0.3) is 0 Å². The van der Waals surface area contributed by atoms with Crippen LogP contribution in [-0.4, -0.2) is 59.7 Å². The predicted molar refractivity (Wildman–Crippen MR) is 62.7 cm³/mol. The van der Waals surface area contributed by atoms with Crippen molar-refractivity contribution in [3.8, 4) is 0 Å². The molecule has 2 rings (SSSR count).